The summed E-state index contributed by atoms with van der Waals surface area (Å²) >= 11 is 0. The summed E-state index contributed by atoms with van der Waals surface area (Å²) in [6.45, 7) is 13.0. The molecule has 4 heteroatoms. The zero-order valence-electron chi connectivity index (χ0n) is 28.5. The van der Waals surface area contributed by atoms with Crippen LogP contribution in [-0.4, -0.2) is 0 Å². The van der Waals surface area contributed by atoms with Crippen molar-refractivity contribution in [1.29, 1.82) is 0 Å². The molecule has 8 rings (SSSR count). The summed E-state index contributed by atoms with van der Waals surface area (Å²) in [7, 11) is 0. The van der Waals surface area contributed by atoms with E-state index in [-0.39, 0.29) is 0 Å². The third kappa shape index (κ3) is 4.92. The Hall–Kier alpha value is -5.74. The van der Waals surface area contributed by atoms with Gasteiger partial charge >= 0.3 is 0 Å². The molecular weight excluding hydrogens is 585 g/mol. The van der Waals surface area contributed by atoms with E-state index >= 15 is 0 Å². The molecule has 0 saturated carbocycles. The largest absolute Gasteiger partial charge is 0.291 e. The molecule has 0 bridgehead atoms. The predicted octanol–water partition coefficient (Wildman–Crippen LogP) is 11.9. The Morgan fingerprint density at radius 3 is 0.750 bits per heavy atom. The van der Waals surface area contributed by atoms with Crippen molar-refractivity contribution < 1.29 is 0 Å². The lowest BCUT2D eigenvalue weighted by molar-refractivity contribution is 1.01. The number of hydrogen-bond donors (Lipinski definition) is 0. The van der Waals surface area contributed by atoms with Gasteiger partial charge in [-0.25, -0.2) is 0 Å². The highest BCUT2D eigenvalue weighted by Crippen LogP contribution is 2.57. The maximum absolute atomic E-state index is 2.46. The number of nitrogens with zero attached hydrogens (tertiary/aromatic N) is 4. The maximum Gasteiger partial charge on any atom is 0.166 e. The first-order chi connectivity index (χ1) is 23.3. The molecule has 4 nitrogen and oxygen atoms in total. The van der Waals surface area contributed by atoms with E-state index in [0.717, 1.165) is 57.1 Å². The van der Waals surface area contributed by atoms with Crippen LogP contribution in [0.2, 0.25) is 0 Å². The average Bonchev–Trinajstić information content (AvgIpc) is 3.58. The standard InChI is InChI=1S/C44H40N4/c1-29-7-17-35(18-8-29)45-39-25-15-33(5)27-41(39)47(37-21-11-31(3)12-22-37)43(45)44-46(36-19-9-30(2)10-20-36)40-26-16-34(6)28-42(40)48(44)38-23-13-32(4)14-24-38/h7-28H,1-6H3/b44-43+. The Labute approximate surface area is 284 Å². The van der Waals surface area contributed by atoms with Crippen LogP contribution in [0.4, 0.5) is 45.5 Å². The highest BCUT2D eigenvalue weighted by atomic mass is 15.5. The summed E-state index contributed by atoms with van der Waals surface area (Å²) < 4.78 is 0. The van der Waals surface area contributed by atoms with Gasteiger partial charge in [-0.2, -0.15) is 0 Å². The van der Waals surface area contributed by atoms with Crippen molar-refractivity contribution in [2.24, 2.45) is 0 Å². The van der Waals surface area contributed by atoms with Crippen molar-refractivity contribution in [2.75, 3.05) is 19.6 Å². The molecule has 0 fully saturated rings. The minimum Gasteiger partial charge on any atom is -0.291 e. The highest BCUT2D eigenvalue weighted by Gasteiger charge is 2.44. The van der Waals surface area contributed by atoms with Crippen molar-refractivity contribution >= 4 is 45.5 Å². The summed E-state index contributed by atoms with van der Waals surface area (Å²) in [5.41, 5.74) is 16.4. The summed E-state index contributed by atoms with van der Waals surface area (Å²) in [6.07, 6.45) is 0. The van der Waals surface area contributed by atoms with Gasteiger partial charge in [-0.3, -0.25) is 19.6 Å². The molecule has 2 aliphatic rings. The maximum atomic E-state index is 2.46. The Balaban J connectivity index is 1.54. The van der Waals surface area contributed by atoms with E-state index in [1.807, 2.05) is 0 Å². The number of aryl methyl sites for hydroxylation is 6. The van der Waals surface area contributed by atoms with Gasteiger partial charge in [-0.15, -0.1) is 0 Å². The third-order valence-electron chi connectivity index (χ3n) is 9.44. The fourth-order valence-electron chi connectivity index (χ4n) is 6.88. The Morgan fingerprint density at radius 2 is 0.479 bits per heavy atom. The molecule has 0 saturated heterocycles. The van der Waals surface area contributed by atoms with Gasteiger partial charge in [-0.05, 0) is 125 Å². The molecule has 48 heavy (non-hydrogen) atoms. The molecule has 2 heterocycles. The predicted molar refractivity (Wildman–Crippen MR) is 203 cm³/mol. The Bertz CT molecular complexity index is 2020. The third-order valence-corrected chi connectivity index (χ3v) is 9.44. The van der Waals surface area contributed by atoms with Crippen molar-refractivity contribution in [2.45, 2.75) is 41.5 Å². The second-order valence-corrected chi connectivity index (χ2v) is 13.3. The minimum absolute atomic E-state index is 1.07. The summed E-state index contributed by atoms with van der Waals surface area (Å²) in [6, 6.07) is 49.3. The van der Waals surface area contributed by atoms with E-state index in [1.54, 1.807) is 0 Å². The van der Waals surface area contributed by atoms with Crippen LogP contribution in [0.5, 0.6) is 0 Å². The second-order valence-electron chi connectivity index (χ2n) is 13.3. The van der Waals surface area contributed by atoms with E-state index in [1.165, 1.54) is 33.4 Å². The summed E-state index contributed by atoms with van der Waals surface area (Å²) in [5, 5.41) is 0. The Morgan fingerprint density at radius 1 is 0.250 bits per heavy atom. The molecule has 0 amide bonds. The van der Waals surface area contributed by atoms with E-state index in [9.17, 15) is 0 Å². The van der Waals surface area contributed by atoms with Crippen molar-refractivity contribution in [3.8, 4) is 0 Å². The van der Waals surface area contributed by atoms with Crippen molar-refractivity contribution in [1.82, 2.24) is 0 Å². The molecule has 0 atom stereocenters. The molecule has 0 aliphatic carbocycles. The number of benzene rings is 6. The molecule has 6 aromatic carbocycles. The zero-order valence-corrected chi connectivity index (χ0v) is 28.5. The Kier molecular flexibility index (Phi) is 7.10. The minimum atomic E-state index is 1.07. The number of hydrogen-bond acceptors (Lipinski definition) is 4. The smallest absolute Gasteiger partial charge is 0.166 e. The summed E-state index contributed by atoms with van der Waals surface area (Å²) in [4.78, 5) is 9.81. The fraction of sp³-hybridized carbons (Fsp3) is 0.136. The first kappa shape index (κ1) is 29.6. The van der Waals surface area contributed by atoms with Crippen molar-refractivity contribution in [3.63, 3.8) is 0 Å². The van der Waals surface area contributed by atoms with Gasteiger partial charge in [0.25, 0.3) is 0 Å². The second kappa shape index (κ2) is 11.5. The van der Waals surface area contributed by atoms with Crippen LogP contribution in [0.1, 0.15) is 33.4 Å². The molecule has 0 unspecified atom stereocenters. The van der Waals surface area contributed by atoms with Gasteiger partial charge in [0.05, 0.1) is 22.7 Å². The highest BCUT2D eigenvalue weighted by molar-refractivity contribution is 6.00. The zero-order chi connectivity index (χ0) is 33.1. The lowest BCUT2D eigenvalue weighted by Crippen LogP contribution is -2.33. The van der Waals surface area contributed by atoms with Gasteiger partial charge in [0.15, 0.2) is 11.6 Å². The monoisotopic (exact) mass is 624 g/mol. The molecule has 0 spiro atoms. The lowest BCUT2D eigenvalue weighted by Gasteiger charge is -2.34. The number of anilines is 8. The topological polar surface area (TPSA) is 13.0 Å². The lowest BCUT2D eigenvalue weighted by atomic mass is 10.1. The molecule has 0 N–H and O–H groups in total. The SMILES string of the molecule is Cc1ccc(N2/C(=C3/N(c4ccc(C)cc4)c4ccc(C)cc4N3c3ccc(C)cc3)N(c3ccc(C)cc3)c3cc(C)ccc32)cc1. The average molecular weight is 625 g/mol. The molecule has 2 aliphatic heterocycles. The van der Waals surface area contributed by atoms with E-state index in [4.69, 9.17) is 0 Å². The molecular formula is C44H40N4. The van der Waals surface area contributed by atoms with Crippen molar-refractivity contribution in [3.05, 3.63) is 178 Å². The van der Waals surface area contributed by atoms with Crippen LogP contribution in [0.25, 0.3) is 0 Å². The van der Waals surface area contributed by atoms with Crippen LogP contribution in [0, 0.1) is 41.5 Å². The van der Waals surface area contributed by atoms with Crippen LogP contribution in [0.3, 0.4) is 0 Å². The fourth-order valence-corrected chi connectivity index (χ4v) is 6.88. The van der Waals surface area contributed by atoms with Crippen LogP contribution in [-0.2, 0) is 0 Å². The van der Waals surface area contributed by atoms with E-state index < -0.39 is 0 Å². The van der Waals surface area contributed by atoms with Gasteiger partial charge in [0, 0.05) is 22.7 Å². The molecule has 236 valence electrons. The van der Waals surface area contributed by atoms with Gasteiger partial charge in [-0.1, -0.05) is 82.9 Å². The molecule has 0 radical (unpaired) electrons. The number of fused-ring (bicyclic) bond motifs is 2. The van der Waals surface area contributed by atoms with Gasteiger partial charge < -0.3 is 0 Å². The van der Waals surface area contributed by atoms with Gasteiger partial charge in [0.2, 0.25) is 0 Å². The summed E-state index contributed by atoms with van der Waals surface area (Å²) in [5.74, 6) is 2.14. The number of rotatable bonds is 4. The molecule has 6 aromatic rings. The van der Waals surface area contributed by atoms with E-state index in [2.05, 4.69) is 195 Å². The van der Waals surface area contributed by atoms with Crippen LogP contribution < -0.4 is 19.6 Å². The van der Waals surface area contributed by atoms with Gasteiger partial charge in [0.1, 0.15) is 0 Å². The molecule has 0 aromatic heterocycles. The van der Waals surface area contributed by atoms with Crippen LogP contribution in [0.15, 0.2) is 145 Å². The normalized spacial score (nSPS) is 15.3. The first-order valence-electron chi connectivity index (χ1n) is 16.7. The quantitative estimate of drug-likeness (QED) is 0.193. The van der Waals surface area contributed by atoms with Crippen LogP contribution >= 0.6 is 0 Å². The van der Waals surface area contributed by atoms with E-state index in [0.29, 0.717) is 0 Å². The first-order valence-corrected chi connectivity index (χ1v) is 16.7.